The van der Waals surface area contributed by atoms with Crippen LogP contribution in [0.1, 0.15) is 19.4 Å². The molecule has 1 aromatic heterocycles. The van der Waals surface area contributed by atoms with Gasteiger partial charge in [-0.3, -0.25) is 4.98 Å². The molecular formula is C15H17NO2S. The van der Waals surface area contributed by atoms with Crippen LogP contribution < -0.4 is 0 Å². The number of para-hydroxylation sites is 1. The lowest BCUT2D eigenvalue weighted by atomic mass is 10.2. The molecule has 0 aliphatic rings. The van der Waals surface area contributed by atoms with E-state index in [-0.39, 0.29) is 11.7 Å². The SMILES string of the molecule is CC(C)/C=C/S(=O)(=O)Cc1cnc2ccccc2c1. The lowest BCUT2D eigenvalue weighted by molar-refractivity contribution is 0.603. The van der Waals surface area contributed by atoms with Crippen LogP contribution in [0.15, 0.2) is 48.0 Å². The molecular weight excluding hydrogens is 258 g/mol. The Morgan fingerprint density at radius 2 is 2.00 bits per heavy atom. The van der Waals surface area contributed by atoms with E-state index in [4.69, 9.17) is 0 Å². The average Bonchev–Trinajstić information content (AvgIpc) is 2.36. The maximum absolute atomic E-state index is 11.9. The molecule has 0 amide bonds. The molecule has 2 aromatic rings. The van der Waals surface area contributed by atoms with Crippen molar-refractivity contribution in [1.29, 1.82) is 0 Å². The highest BCUT2D eigenvalue weighted by Crippen LogP contribution is 2.15. The number of benzene rings is 1. The fraction of sp³-hybridized carbons (Fsp3) is 0.267. The molecule has 100 valence electrons. The third-order valence-electron chi connectivity index (χ3n) is 2.69. The lowest BCUT2D eigenvalue weighted by Crippen LogP contribution is -2.01. The van der Waals surface area contributed by atoms with E-state index in [0.717, 1.165) is 10.9 Å². The summed E-state index contributed by atoms with van der Waals surface area (Å²) in [6.07, 6.45) is 3.33. The molecule has 0 radical (unpaired) electrons. The summed E-state index contributed by atoms with van der Waals surface area (Å²) >= 11 is 0. The number of sulfone groups is 1. The number of allylic oxidation sites excluding steroid dienone is 1. The fourth-order valence-electron chi connectivity index (χ4n) is 1.75. The molecule has 0 aliphatic heterocycles. The van der Waals surface area contributed by atoms with Crippen molar-refractivity contribution in [2.24, 2.45) is 5.92 Å². The molecule has 3 nitrogen and oxygen atoms in total. The highest BCUT2D eigenvalue weighted by molar-refractivity contribution is 7.93. The zero-order chi connectivity index (χ0) is 13.9. The Balaban J connectivity index is 2.26. The van der Waals surface area contributed by atoms with Crippen LogP contribution in [0.4, 0.5) is 0 Å². The van der Waals surface area contributed by atoms with Gasteiger partial charge in [0.25, 0.3) is 0 Å². The molecule has 19 heavy (non-hydrogen) atoms. The molecule has 0 unspecified atom stereocenters. The molecule has 0 saturated heterocycles. The maximum Gasteiger partial charge on any atom is 0.175 e. The van der Waals surface area contributed by atoms with Gasteiger partial charge >= 0.3 is 0 Å². The lowest BCUT2D eigenvalue weighted by Gasteiger charge is -2.03. The van der Waals surface area contributed by atoms with Crippen LogP contribution in [0.25, 0.3) is 10.9 Å². The number of hydrogen-bond donors (Lipinski definition) is 0. The van der Waals surface area contributed by atoms with Gasteiger partial charge in [0, 0.05) is 17.0 Å². The molecule has 1 aromatic carbocycles. The number of pyridine rings is 1. The van der Waals surface area contributed by atoms with Gasteiger partial charge in [0.05, 0.1) is 11.3 Å². The zero-order valence-corrected chi connectivity index (χ0v) is 11.9. The van der Waals surface area contributed by atoms with Gasteiger partial charge < -0.3 is 0 Å². The molecule has 4 heteroatoms. The predicted molar refractivity (Wildman–Crippen MR) is 78.3 cm³/mol. The predicted octanol–water partition coefficient (Wildman–Crippen LogP) is 3.32. The summed E-state index contributed by atoms with van der Waals surface area (Å²) in [4.78, 5) is 4.27. The summed E-state index contributed by atoms with van der Waals surface area (Å²) in [6.45, 7) is 3.90. The van der Waals surface area contributed by atoms with Gasteiger partial charge in [-0.05, 0) is 23.6 Å². The van der Waals surface area contributed by atoms with Gasteiger partial charge in [0.2, 0.25) is 0 Å². The van der Waals surface area contributed by atoms with Crippen molar-refractivity contribution >= 4 is 20.7 Å². The first kappa shape index (κ1) is 13.7. The highest BCUT2D eigenvalue weighted by atomic mass is 32.2. The summed E-state index contributed by atoms with van der Waals surface area (Å²) in [5.41, 5.74) is 1.59. The van der Waals surface area contributed by atoms with E-state index in [1.165, 1.54) is 5.41 Å². The van der Waals surface area contributed by atoms with E-state index in [0.29, 0.717) is 5.56 Å². The quantitative estimate of drug-likeness (QED) is 0.860. The normalized spacial score (nSPS) is 12.6. The van der Waals surface area contributed by atoms with Crippen molar-refractivity contribution in [3.63, 3.8) is 0 Å². The average molecular weight is 275 g/mol. The van der Waals surface area contributed by atoms with E-state index in [9.17, 15) is 8.42 Å². The van der Waals surface area contributed by atoms with Crippen LogP contribution in [0.5, 0.6) is 0 Å². The second-order valence-electron chi connectivity index (χ2n) is 4.92. The van der Waals surface area contributed by atoms with Crippen molar-refractivity contribution in [1.82, 2.24) is 4.98 Å². The Bertz CT molecular complexity index is 703. The van der Waals surface area contributed by atoms with Crippen LogP contribution in [-0.2, 0) is 15.6 Å². The molecule has 0 fully saturated rings. The van der Waals surface area contributed by atoms with Crippen molar-refractivity contribution in [2.75, 3.05) is 0 Å². The minimum Gasteiger partial charge on any atom is -0.256 e. The molecule has 0 saturated carbocycles. The Hall–Kier alpha value is -1.68. The Morgan fingerprint density at radius 3 is 2.74 bits per heavy atom. The zero-order valence-electron chi connectivity index (χ0n) is 11.1. The molecule has 1 heterocycles. The minimum absolute atomic E-state index is 0.00590. The minimum atomic E-state index is -3.22. The number of hydrogen-bond acceptors (Lipinski definition) is 3. The van der Waals surface area contributed by atoms with Crippen molar-refractivity contribution in [2.45, 2.75) is 19.6 Å². The summed E-state index contributed by atoms with van der Waals surface area (Å²) < 4.78 is 23.9. The second-order valence-corrected chi connectivity index (χ2v) is 6.80. The first-order valence-electron chi connectivity index (χ1n) is 6.21. The maximum atomic E-state index is 11.9. The number of rotatable bonds is 4. The smallest absolute Gasteiger partial charge is 0.175 e. The van der Waals surface area contributed by atoms with Gasteiger partial charge in [-0.1, -0.05) is 38.1 Å². The third kappa shape index (κ3) is 3.89. The summed E-state index contributed by atoms with van der Waals surface area (Å²) in [5, 5.41) is 2.26. The van der Waals surface area contributed by atoms with Gasteiger partial charge in [-0.2, -0.15) is 0 Å². The Labute approximate surface area is 113 Å². The molecule has 2 rings (SSSR count). The van der Waals surface area contributed by atoms with Crippen LogP contribution in [-0.4, -0.2) is 13.4 Å². The van der Waals surface area contributed by atoms with E-state index in [1.807, 2.05) is 44.2 Å². The Morgan fingerprint density at radius 1 is 1.26 bits per heavy atom. The highest BCUT2D eigenvalue weighted by Gasteiger charge is 2.09. The van der Waals surface area contributed by atoms with Crippen LogP contribution in [0, 0.1) is 5.92 Å². The monoisotopic (exact) mass is 275 g/mol. The van der Waals surface area contributed by atoms with Crippen LogP contribution >= 0.6 is 0 Å². The second kappa shape index (κ2) is 5.53. The topological polar surface area (TPSA) is 47.0 Å². The summed E-state index contributed by atoms with van der Waals surface area (Å²) in [5.74, 6) is 0.220. The molecule has 0 spiro atoms. The standard InChI is InChI=1S/C15H17NO2S/c1-12(2)7-8-19(17,18)11-13-9-14-5-3-4-6-15(14)16-10-13/h3-10,12H,11H2,1-2H3/b8-7+. The largest absolute Gasteiger partial charge is 0.256 e. The molecule has 0 atom stereocenters. The van der Waals surface area contributed by atoms with E-state index in [1.54, 1.807) is 12.3 Å². The Kier molecular flexibility index (Phi) is 4.00. The van der Waals surface area contributed by atoms with Crippen LogP contribution in [0.3, 0.4) is 0 Å². The van der Waals surface area contributed by atoms with Crippen molar-refractivity contribution < 1.29 is 8.42 Å². The molecule has 0 N–H and O–H groups in total. The van der Waals surface area contributed by atoms with Crippen LogP contribution in [0.2, 0.25) is 0 Å². The molecule has 0 bridgehead atoms. The first-order chi connectivity index (χ1) is 8.96. The first-order valence-corrected chi connectivity index (χ1v) is 7.92. The molecule has 0 aliphatic carbocycles. The van der Waals surface area contributed by atoms with E-state index in [2.05, 4.69) is 4.98 Å². The fourth-order valence-corrected chi connectivity index (χ4v) is 3.03. The van der Waals surface area contributed by atoms with Gasteiger partial charge in [-0.15, -0.1) is 0 Å². The van der Waals surface area contributed by atoms with E-state index >= 15 is 0 Å². The number of nitrogens with zero attached hydrogens (tertiary/aromatic N) is 1. The van der Waals surface area contributed by atoms with E-state index < -0.39 is 9.84 Å². The third-order valence-corrected chi connectivity index (χ3v) is 3.99. The van der Waals surface area contributed by atoms with Crippen molar-refractivity contribution in [3.8, 4) is 0 Å². The number of fused-ring (bicyclic) bond motifs is 1. The summed E-state index contributed by atoms with van der Waals surface area (Å²) in [7, 11) is -3.22. The van der Waals surface area contributed by atoms with Gasteiger partial charge in [-0.25, -0.2) is 8.42 Å². The summed E-state index contributed by atoms with van der Waals surface area (Å²) in [6, 6.07) is 9.55. The van der Waals surface area contributed by atoms with Crippen molar-refractivity contribution in [3.05, 3.63) is 53.6 Å². The number of aromatic nitrogens is 1. The van der Waals surface area contributed by atoms with Gasteiger partial charge in [0.15, 0.2) is 9.84 Å². The van der Waals surface area contributed by atoms with Gasteiger partial charge in [0.1, 0.15) is 0 Å².